The number of hydrogen-bond donors (Lipinski definition) is 4. The Morgan fingerprint density at radius 2 is 1.87 bits per heavy atom. The van der Waals surface area contributed by atoms with E-state index in [-0.39, 0.29) is 16.0 Å². The lowest BCUT2D eigenvalue weighted by atomic mass is 10.2. The van der Waals surface area contributed by atoms with Crippen LogP contribution in [0, 0.1) is 0 Å². The smallest absolute Gasteiger partial charge is 0.187 e. The number of hydrogen-bond acceptors (Lipinski definition) is 4. The summed E-state index contributed by atoms with van der Waals surface area (Å²) in [7, 11) is 0. The molecular weight excluding hydrogens is 446 g/mol. The number of thiocarbonyl (C=S) groups is 1. The first-order chi connectivity index (χ1) is 11.0. The standard InChI is InChI=1S/C15H13Br2N3O2S/c16-11-6-10(13(21)12(17)14(11)22)8-19-20-15(23)18-7-9-4-2-1-3-5-9/h1-6,8,21-22H,7H2,(H2,18,20,23). The Balaban J connectivity index is 1.93. The van der Waals surface area contributed by atoms with E-state index < -0.39 is 0 Å². The molecule has 0 saturated heterocycles. The number of phenolic OH excluding ortho intramolecular Hbond substituents is 2. The van der Waals surface area contributed by atoms with Gasteiger partial charge in [0.05, 0.1) is 10.7 Å². The van der Waals surface area contributed by atoms with E-state index >= 15 is 0 Å². The van der Waals surface area contributed by atoms with Gasteiger partial charge in [-0.3, -0.25) is 5.43 Å². The highest BCUT2D eigenvalue weighted by atomic mass is 79.9. The van der Waals surface area contributed by atoms with Gasteiger partial charge in [0.15, 0.2) is 5.11 Å². The van der Waals surface area contributed by atoms with Crippen molar-refractivity contribution >= 4 is 55.4 Å². The van der Waals surface area contributed by atoms with Gasteiger partial charge in [0.2, 0.25) is 0 Å². The third-order valence-corrected chi connectivity index (χ3v) is 4.45. The van der Waals surface area contributed by atoms with Crippen LogP contribution in [0.5, 0.6) is 11.5 Å². The molecule has 0 aromatic heterocycles. The van der Waals surface area contributed by atoms with E-state index in [1.165, 1.54) is 6.21 Å². The zero-order chi connectivity index (χ0) is 16.8. The largest absolute Gasteiger partial charge is 0.506 e. The molecule has 0 radical (unpaired) electrons. The molecule has 23 heavy (non-hydrogen) atoms. The second-order valence-electron chi connectivity index (χ2n) is 4.50. The predicted octanol–water partition coefficient (Wildman–Crippen LogP) is 3.62. The average Bonchev–Trinajstić information content (AvgIpc) is 2.56. The molecule has 2 aromatic carbocycles. The highest BCUT2D eigenvalue weighted by molar-refractivity contribution is 9.11. The summed E-state index contributed by atoms with van der Waals surface area (Å²) < 4.78 is 0.631. The SMILES string of the molecule is Oc1c(Br)cc(C=NNC(=S)NCc2ccccc2)c(O)c1Br. The van der Waals surface area contributed by atoms with Gasteiger partial charge < -0.3 is 15.5 Å². The monoisotopic (exact) mass is 457 g/mol. The molecule has 0 amide bonds. The lowest BCUT2D eigenvalue weighted by molar-refractivity contribution is 0.442. The first-order valence-corrected chi connectivity index (χ1v) is 8.49. The molecule has 5 nitrogen and oxygen atoms in total. The fraction of sp³-hybridized carbons (Fsp3) is 0.0667. The molecule has 0 aliphatic carbocycles. The highest BCUT2D eigenvalue weighted by Crippen LogP contribution is 2.40. The van der Waals surface area contributed by atoms with E-state index in [1.54, 1.807) is 6.07 Å². The summed E-state index contributed by atoms with van der Waals surface area (Å²) >= 11 is 11.4. The summed E-state index contributed by atoms with van der Waals surface area (Å²) in [6.45, 7) is 0.587. The number of halogens is 2. The minimum Gasteiger partial charge on any atom is -0.506 e. The number of nitrogens with zero attached hydrogens (tertiary/aromatic N) is 1. The molecule has 0 aliphatic heterocycles. The van der Waals surface area contributed by atoms with E-state index in [0.717, 1.165) is 5.56 Å². The molecule has 0 aliphatic rings. The van der Waals surface area contributed by atoms with Gasteiger partial charge in [0.1, 0.15) is 16.0 Å². The lowest BCUT2D eigenvalue weighted by Crippen LogP contribution is -2.31. The molecule has 2 aromatic rings. The second-order valence-corrected chi connectivity index (χ2v) is 6.55. The van der Waals surface area contributed by atoms with Crippen LogP contribution in [0.3, 0.4) is 0 Å². The fourth-order valence-corrected chi connectivity index (χ4v) is 2.97. The maximum absolute atomic E-state index is 9.92. The normalized spacial score (nSPS) is 10.7. The molecule has 0 bridgehead atoms. The quantitative estimate of drug-likeness (QED) is 0.320. The first kappa shape index (κ1) is 17.7. The zero-order valence-corrected chi connectivity index (χ0v) is 15.7. The Labute approximate surface area is 155 Å². The second kappa shape index (κ2) is 8.28. The van der Waals surface area contributed by atoms with Crippen LogP contribution in [-0.2, 0) is 6.54 Å². The number of nitrogens with one attached hydrogen (secondary N) is 2. The molecule has 4 N–H and O–H groups in total. The van der Waals surface area contributed by atoms with Gasteiger partial charge in [-0.05, 0) is 55.7 Å². The third-order valence-electron chi connectivity index (χ3n) is 2.86. The van der Waals surface area contributed by atoms with Crippen molar-refractivity contribution in [2.45, 2.75) is 6.54 Å². The Morgan fingerprint density at radius 1 is 1.17 bits per heavy atom. The van der Waals surface area contributed by atoms with Gasteiger partial charge in [0.25, 0.3) is 0 Å². The van der Waals surface area contributed by atoms with Crippen LogP contribution in [0.2, 0.25) is 0 Å². The predicted molar refractivity (Wildman–Crippen MR) is 102 cm³/mol. The van der Waals surface area contributed by atoms with Gasteiger partial charge in [-0.1, -0.05) is 30.3 Å². The maximum atomic E-state index is 9.92. The Morgan fingerprint density at radius 3 is 2.57 bits per heavy atom. The zero-order valence-electron chi connectivity index (χ0n) is 11.8. The lowest BCUT2D eigenvalue weighted by Gasteiger charge is -2.08. The van der Waals surface area contributed by atoms with Crippen molar-refractivity contribution in [3.05, 3.63) is 56.5 Å². The van der Waals surface area contributed by atoms with Crippen LogP contribution in [0.4, 0.5) is 0 Å². The summed E-state index contributed by atoms with van der Waals surface area (Å²) in [4.78, 5) is 0. The molecule has 8 heteroatoms. The van der Waals surface area contributed by atoms with Crippen molar-refractivity contribution in [1.29, 1.82) is 0 Å². The fourth-order valence-electron chi connectivity index (χ4n) is 1.69. The number of benzene rings is 2. The third kappa shape index (κ3) is 4.92. The van der Waals surface area contributed by atoms with Gasteiger partial charge >= 0.3 is 0 Å². The summed E-state index contributed by atoms with van der Waals surface area (Å²) in [5, 5.41) is 26.9. The van der Waals surface area contributed by atoms with Crippen molar-refractivity contribution in [2.24, 2.45) is 5.10 Å². The Bertz CT molecular complexity index is 739. The van der Waals surface area contributed by atoms with Crippen LogP contribution in [0.25, 0.3) is 0 Å². The summed E-state index contributed by atoms with van der Waals surface area (Å²) in [5.41, 5.74) is 4.19. The van der Waals surface area contributed by atoms with E-state index in [0.29, 0.717) is 21.7 Å². The molecule has 0 spiro atoms. The van der Waals surface area contributed by atoms with E-state index in [9.17, 15) is 10.2 Å². The molecule has 0 saturated carbocycles. The Hall–Kier alpha value is -1.64. The van der Waals surface area contributed by atoms with Crippen LogP contribution in [0.1, 0.15) is 11.1 Å². The first-order valence-electron chi connectivity index (χ1n) is 6.49. The van der Waals surface area contributed by atoms with E-state index in [1.807, 2.05) is 30.3 Å². The Kier molecular flexibility index (Phi) is 6.37. The molecule has 2 rings (SSSR count). The van der Waals surface area contributed by atoms with Crippen LogP contribution in [-0.4, -0.2) is 21.5 Å². The van der Waals surface area contributed by atoms with Crippen molar-refractivity contribution in [3.8, 4) is 11.5 Å². The summed E-state index contributed by atoms with van der Waals surface area (Å²) in [6, 6.07) is 11.4. The molecule has 0 fully saturated rings. The summed E-state index contributed by atoms with van der Waals surface area (Å²) in [5.74, 6) is -0.188. The average molecular weight is 459 g/mol. The minimum absolute atomic E-state index is 0.0762. The number of hydrazone groups is 1. The summed E-state index contributed by atoms with van der Waals surface area (Å²) in [6.07, 6.45) is 1.40. The van der Waals surface area contributed by atoms with Crippen molar-refractivity contribution in [2.75, 3.05) is 0 Å². The van der Waals surface area contributed by atoms with Crippen LogP contribution in [0.15, 0.2) is 50.4 Å². The number of aromatic hydroxyl groups is 2. The van der Waals surface area contributed by atoms with Crippen LogP contribution < -0.4 is 10.7 Å². The van der Waals surface area contributed by atoms with E-state index in [4.69, 9.17) is 12.2 Å². The van der Waals surface area contributed by atoms with Crippen molar-refractivity contribution < 1.29 is 10.2 Å². The van der Waals surface area contributed by atoms with Gasteiger partial charge in [-0.15, -0.1) is 0 Å². The molecule has 120 valence electrons. The van der Waals surface area contributed by atoms with Gasteiger partial charge in [-0.25, -0.2) is 0 Å². The van der Waals surface area contributed by atoms with Gasteiger partial charge in [-0.2, -0.15) is 5.10 Å². The topological polar surface area (TPSA) is 76.9 Å². The molecular formula is C15H13Br2N3O2S. The minimum atomic E-state index is -0.112. The number of rotatable bonds is 4. The van der Waals surface area contributed by atoms with Crippen LogP contribution >= 0.6 is 44.1 Å². The molecule has 0 heterocycles. The molecule has 0 unspecified atom stereocenters. The number of phenols is 2. The molecule has 0 atom stereocenters. The van der Waals surface area contributed by atoms with Gasteiger partial charge in [0, 0.05) is 12.1 Å². The van der Waals surface area contributed by atoms with Crippen molar-refractivity contribution in [3.63, 3.8) is 0 Å². The highest BCUT2D eigenvalue weighted by Gasteiger charge is 2.12. The maximum Gasteiger partial charge on any atom is 0.187 e. The van der Waals surface area contributed by atoms with Crippen molar-refractivity contribution in [1.82, 2.24) is 10.7 Å². The van der Waals surface area contributed by atoms with E-state index in [2.05, 4.69) is 47.7 Å².